The van der Waals surface area contributed by atoms with Crippen LogP contribution in [0.4, 0.5) is 0 Å². The van der Waals surface area contributed by atoms with Gasteiger partial charge in [-0.2, -0.15) is 0 Å². The SMILES string of the molecule is CC(=O)NC(=O)C(OC(C)=O)(C(N)=O)c1ccc(Cl)c(Cl)c1. The minimum Gasteiger partial charge on any atom is -0.434 e. The number of imide groups is 1. The van der Waals surface area contributed by atoms with Gasteiger partial charge in [-0.05, 0) is 12.1 Å². The van der Waals surface area contributed by atoms with Gasteiger partial charge >= 0.3 is 5.97 Å². The molecule has 0 heterocycles. The molecule has 0 radical (unpaired) electrons. The Morgan fingerprint density at radius 2 is 1.73 bits per heavy atom. The predicted molar refractivity (Wildman–Crippen MR) is 77.9 cm³/mol. The number of amides is 3. The summed E-state index contributed by atoms with van der Waals surface area (Å²) in [6.45, 7) is 2.03. The maximum atomic E-state index is 12.3. The lowest BCUT2D eigenvalue weighted by molar-refractivity contribution is -0.174. The summed E-state index contributed by atoms with van der Waals surface area (Å²) < 4.78 is 4.86. The van der Waals surface area contributed by atoms with Gasteiger partial charge in [0.25, 0.3) is 17.4 Å². The highest BCUT2D eigenvalue weighted by Crippen LogP contribution is 2.32. The van der Waals surface area contributed by atoms with Crippen LogP contribution in [0.3, 0.4) is 0 Å². The fourth-order valence-corrected chi connectivity index (χ4v) is 2.02. The summed E-state index contributed by atoms with van der Waals surface area (Å²) in [4.78, 5) is 46.6. The van der Waals surface area contributed by atoms with E-state index in [0.29, 0.717) is 0 Å². The van der Waals surface area contributed by atoms with Gasteiger partial charge in [0, 0.05) is 19.4 Å². The highest BCUT2D eigenvalue weighted by atomic mass is 35.5. The van der Waals surface area contributed by atoms with E-state index in [4.69, 9.17) is 33.7 Å². The number of ether oxygens (including phenoxy) is 1. The molecule has 1 unspecified atom stereocenters. The zero-order valence-electron chi connectivity index (χ0n) is 11.6. The Morgan fingerprint density at radius 1 is 1.14 bits per heavy atom. The average molecular weight is 347 g/mol. The maximum absolute atomic E-state index is 12.3. The average Bonchev–Trinajstić information content (AvgIpc) is 2.37. The molecular weight excluding hydrogens is 335 g/mol. The molecule has 3 amide bonds. The van der Waals surface area contributed by atoms with E-state index in [0.717, 1.165) is 19.9 Å². The van der Waals surface area contributed by atoms with Crippen LogP contribution < -0.4 is 11.1 Å². The third kappa shape index (κ3) is 3.55. The number of nitrogens with one attached hydrogen (secondary N) is 1. The first-order chi connectivity index (χ1) is 10.1. The van der Waals surface area contributed by atoms with Crippen molar-refractivity contribution in [3.8, 4) is 0 Å². The van der Waals surface area contributed by atoms with Crippen molar-refractivity contribution >= 4 is 46.9 Å². The molecule has 22 heavy (non-hydrogen) atoms. The molecule has 0 saturated carbocycles. The van der Waals surface area contributed by atoms with E-state index in [1.165, 1.54) is 12.1 Å². The number of nitrogens with two attached hydrogens (primary N) is 1. The summed E-state index contributed by atoms with van der Waals surface area (Å²) in [5, 5.41) is 2.03. The van der Waals surface area contributed by atoms with Gasteiger partial charge in [0.15, 0.2) is 0 Å². The molecule has 7 nitrogen and oxygen atoms in total. The molecule has 0 aliphatic heterocycles. The smallest absolute Gasteiger partial charge is 0.304 e. The predicted octanol–water partition coefficient (Wildman–Crippen LogP) is 0.900. The number of carbonyl (C=O) groups is 4. The highest BCUT2D eigenvalue weighted by molar-refractivity contribution is 6.42. The van der Waals surface area contributed by atoms with Crippen LogP contribution in [0.5, 0.6) is 0 Å². The van der Waals surface area contributed by atoms with E-state index in [9.17, 15) is 19.2 Å². The van der Waals surface area contributed by atoms with E-state index in [2.05, 4.69) is 0 Å². The molecule has 0 aliphatic carbocycles. The largest absolute Gasteiger partial charge is 0.434 e. The fraction of sp³-hybridized carbons (Fsp3) is 0.231. The summed E-state index contributed by atoms with van der Waals surface area (Å²) in [6, 6.07) is 3.68. The number of primary amides is 1. The van der Waals surface area contributed by atoms with Gasteiger partial charge in [0.2, 0.25) is 5.91 Å². The summed E-state index contributed by atoms with van der Waals surface area (Å²) >= 11 is 11.6. The normalized spacial score (nSPS) is 12.9. The van der Waals surface area contributed by atoms with Gasteiger partial charge in [-0.1, -0.05) is 29.3 Å². The van der Waals surface area contributed by atoms with Crippen molar-refractivity contribution in [1.29, 1.82) is 0 Å². The van der Waals surface area contributed by atoms with Crippen LogP contribution >= 0.6 is 23.2 Å². The molecule has 0 saturated heterocycles. The fourth-order valence-electron chi connectivity index (χ4n) is 1.72. The standard InChI is InChI=1S/C13H12Cl2N2O5/c1-6(18)17-12(21)13(11(16)20,22-7(2)19)8-3-4-9(14)10(15)5-8/h3-5H,1-2H3,(H2,16,20)(H,17,18,21). The Morgan fingerprint density at radius 3 is 2.14 bits per heavy atom. The van der Waals surface area contributed by atoms with Crippen LogP contribution in [0.1, 0.15) is 19.4 Å². The molecule has 0 bridgehead atoms. The minimum absolute atomic E-state index is 0.00701. The Hall–Kier alpha value is -2.12. The van der Waals surface area contributed by atoms with Crippen molar-refractivity contribution in [1.82, 2.24) is 5.32 Å². The van der Waals surface area contributed by atoms with Crippen LogP contribution in [-0.2, 0) is 29.5 Å². The third-order valence-corrected chi connectivity index (χ3v) is 3.32. The lowest BCUT2D eigenvalue weighted by atomic mass is 9.91. The third-order valence-electron chi connectivity index (χ3n) is 2.58. The molecule has 1 aromatic rings. The number of rotatable bonds is 4. The monoisotopic (exact) mass is 346 g/mol. The van der Waals surface area contributed by atoms with Gasteiger partial charge in [-0.25, -0.2) is 0 Å². The molecule has 3 N–H and O–H groups in total. The zero-order chi connectivity index (χ0) is 17.1. The number of hydrogen-bond donors (Lipinski definition) is 2. The van der Waals surface area contributed by atoms with E-state index in [-0.39, 0.29) is 15.6 Å². The molecule has 9 heteroatoms. The maximum Gasteiger partial charge on any atom is 0.304 e. The van der Waals surface area contributed by atoms with Gasteiger partial charge in [0.05, 0.1) is 10.0 Å². The first kappa shape index (κ1) is 17.9. The van der Waals surface area contributed by atoms with Crippen LogP contribution in [0.15, 0.2) is 18.2 Å². The van der Waals surface area contributed by atoms with Crippen molar-refractivity contribution < 1.29 is 23.9 Å². The highest BCUT2D eigenvalue weighted by Gasteiger charge is 2.50. The Bertz CT molecular complexity index is 662. The van der Waals surface area contributed by atoms with Crippen molar-refractivity contribution in [2.45, 2.75) is 19.4 Å². The number of carbonyl (C=O) groups excluding carboxylic acids is 4. The molecule has 118 valence electrons. The van der Waals surface area contributed by atoms with Crippen molar-refractivity contribution in [2.75, 3.05) is 0 Å². The lowest BCUT2D eigenvalue weighted by Crippen LogP contribution is -2.56. The summed E-state index contributed by atoms with van der Waals surface area (Å²) in [7, 11) is 0. The number of halogens is 2. The quantitative estimate of drug-likeness (QED) is 0.620. The zero-order valence-corrected chi connectivity index (χ0v) is 13.1. The topological polar surface area (TPSA) is 116 Å². The molecule has 0 aliphatic rings. The second-order valence-electron chi connectivity index (χ2n) is 4.28. The van der Waals surface area contributed by atoms with E-state index < -0.39 is 29.3 Å². The van der Waals surface area contributed by atoms with Crippen LogP contribution in [-0.4, -0.2) is 23.7 Å². The summed E-state index contributed by atoms with van der Waals surface area (Å²) in [6.07, 6.45) is 0. The number of hydrogen-bond acceptors (Lipinski definition) is 5. The van der Waals surface area contributed by atoms with Crippen LogP contribution in [0, 0.1) is 0 Å². The molecule has 1 atom stereocenters. The van der Waals surface area contributed by atoms with Crippen molar-refractivity contribution in [3.05, 3.63) is 33.8 Å². The summed E-state index contributed by atoms with van der Waals surface area (Å²) in [5.41, 5.74) is 2.58. The van der Waals surface area contributed by atoms with Gasteiger partial charge in [-0.3, -0.25) is 24.5 Å². The second-order valence-corrected chi connectivity index (χ2v) is 5.09. The lowest BCUT2D eigenvalue weighted by Gasteiger charge is -2.28. The van der Waals surface area contributed by atoms with Gasteiger partial charge in [0.1, 0.15) is 0 Å². The molecule has 0 aromatic heterocycles. The molecule has 0 fully saturated rings. The second kappa shape index (κ2) is 6.76. The molecule has 1 rings (SSSR count). The summed E-state index contributed by atoms with van der Waals surface area (Å²) in [5.74, 6) is -4.22. The first-order valence-electron chi connectivity index (χ1n) is 5.88. The Balaban J connectivity index is 3.57. The number of benzene rings is 1. The van der Waals surface area contributed by atoms with E-state index >= 15 is 0 Å². The van der Waals surface area contributed by atoms with E-state index in [1.54, 1.807) is 0 Å². The Labute approximate surface area is 135 Å². The van der Waals surface area contributed by atoms with Crippen molar-refractivity contribution in [3.63, 3.8) is 0 Å². The first-order valence-corrected chi connectivity index (χ1v) is 6.64. The van der Waals surface area contributed by atoms with Gasteiger partial charge < -0.3 is 10.5 Å². The van der Waals surface area contributed by atoms with Crippen LogP contribution in [0.25, 0.3) is 0 Å². The van der Waals surface area contributed by atoms with Crippen LogP contribution in [0.2, 0.25) is 10.0 Å². The Kier molecular flexibility index (Phi) is 5.51. The van der Waals surface area contributed by atoms with Crippen molar-refractivity contribution in [2.24, 2.45) is 5.73 Å². The molecule has 1 aromatic carbocycles. The molecule has 0 spiro atoms. The van der Waals surface area contributed by atoms with Gasteiger partial charge in [-0.15, -0.1) is 0 Å². The molecular formula is C13H12Cl2N2O5. The van der Waals surface area contributed by atoms with E-state index in [1.807, 2.05) is 5.32 Å². The minimum atomic E-state index is -2.54. The number of esters is 1.